The number of ether oxygens (including phenoxy) is 1. The molecule has 0 bridgehead atoms. The summed E-state index contributed by atoms with van der Waals surface area (Å²) in [5.41, 5.74) is 6.32. The van der Waals surface area contributed by atoms with Gasteiger partial charge in [-0.2, -0.15) is 0 Å². The zero-order valence-corrected chi connectivity index (χ0v) is 11.9. The van der Waals surface area contributed by atoms with E-state index in [1.165, 1.54) is 45.4 Å². The lowest BCUT2D eigenvalue weighted by Gasteiger charge is -2.34. The fourth-order valence-electron chi connectivity index (χ4n) is 2.94. The van der Waals surface area contributed by atoms with E-state index in [1.807, 2.05) is 0 Å². The Labute approximate surface area is 111 Å². The Morgan fingerprint density at radius 1 is 1.06 bits per heavy atom. The second-order valence-electron chi connectivity index (χ2n) is 6.12. The Morgan fingerprint density at radius 2 is 1.72 bits per heavy atom. The van der Waals surface area contributed by atoms with Gasteiger partial charge in [-0.05, 0) is 19.9 Å². The normalized spacial score (nSPS) is 26.3. The number of hydrogen-bond acceptors (Lipinski definition) is 4. The van der Waals surface area contributed by atoms with Crippen molar-refractivity contribution in [1.29, 1.82) is 0 Å². The van der Waals surface area contributed by atoms with Crippen LogP contribution in [-0.2, 0) is 4.74 Å². The monoisotopic (exact) mass is 255 g/mol. The molecule has 0 aromatic heterocycles. The first-order valence-corrected chi connectivity index (χ1v) is 7.46. The molecular formula is C14H29N3O. The Hall–Kier alpha value is -0.160. The van der Waals surface area contributed by atoms with E-state index in [1.54, 1.807) is 0 Å². The van der Waals surface area contributed by atoms with Crippen molar-refractivity contribution in [2.45, 2.75) is 37.6 Å². The van der Waals surface area contributed by atoms with Gasteiger partial charge in [-0.25, -0.2) is 0 Å². The third-order valence-electron chi connectivity index (χ3n) is 4.39. The van der Waals surface area contributed by atoms with Gasteiger partial charge in [-0.15, -0.1) is 0 Å². The molecule has 0 amide bonds. The van der Waals surface area contributed by atoms with Crippen molar-refractivity contribution in [3.8, 4) is 0 Å². The maximum Gasteiger partial charge on any atom is 0.0646 e. The van der Waals surface area contributed by atoms with Gasteiger partial charge in [0.15, 0.2) is 0 Å². The van der Waals surface area contributed by atoms with Gasteiger partial charge in [0.25, 0.3) is 0 Å². The van der Waals surface area contributed by atoms with Crippen molar-refractivity contribution >= 4 is 0 Å². The van der Waals surface area contributed by atoms with Crippen molar-refractivity contribution in [2.75, 3.05) is 53.0 Å². The highest BCUT2D eigenvalue weighted by Crippen LogP contribution is 2.25. The van der Waals surface area contributed by atoms with Crippen LogP contribution in [0.15, 0.2) is 0 Å². The molecule has 106 valence electrons. The predicted octanol–water partition coefficient (Wildman–Crippen LogP) is 0.912. The van der Waals surface area contributed by atoms with E-state index in [9.17, 15) is 0 Å². The lowest BCUT2D eigenvalue weighted by Crippen LogP contribution is -2.48. The second-order valence-corrected chi connectivity index (χ2v) is 6.12. The van der Waals surface area contributed by atoms with Crippen molar-refractivity contribution < 1.29 is 4.74 Å². The van der Waals surface area contributed by atoms with Gasteiger partial charge >= 0.3 is 0 Å². The summed E-state index contributed by atoms with van der Waals surface area (Å²) >= 11 is 0. The summed E-state index contributed by atoms with van der Waals surface area (Å²) in [5, 5.41) is 0. The molecule has 4 nitrogen and oxygen atoms in total. The van der Waals surface area contributed by atoms with E-state index < -0.39 is 0 Å². The standard InChI is InChI=1S/C14H29N3O/c1-16-7-9-17(10-8-16)11-12-18-13-14(15)5-3-2-4-6-14/h2-13,15H2,1H3. The van der Waals surface area contributed by atoms with Crippen LogP contribution in [0.1, 0.15) is 32.1 Å². The molecule has 0 aromatic carbocycles. The summed E-state index contributed by atoms with van der Waals surface area (Å²) in [6.45, 7) is 7.36. The molecule has 2 fully saturated rings. The molecule has 4 heteroatoms. The molecule has 18 heavy (non-hydrogen) atoms. The molecule has 0 atom stereocenters. The molecule has 2 N–H and O–H groups in total. The van der Waals surface area contributed by atoms with Crippen molar-refractivity contribution in [1.82, 2.24) is 9.80 Å². The highest BCUT2D eigenvalue weighted by atomic mass is 16.5. The van der Waals surface area contributed by atoms with Crippen LogP contribution < -0.4 is 5.73 Å². The minimum atomic E-state index is -0.0274. The van der Waals surface area contributed by atoms with Gasteiger partial charge < -0.3 is 15.4 Å². The second kappa shape index (κ2) is 6.85. The van der Waals surface area contributed by atoms with E-state index in [0.29, 0.717) is 0 Å². The Kier molecular flexibility index (Phi) is 5.42. The van der Waals surface area contributed by atoms with Crippen molar-refractivity contribution in [3.05, 3.63) is 0 Å². The summed E-state index contributed by atoms with van der Waals surface area (Å²) in [6.07, 6.45) is 6.18. The van der Waals surface area contributed by atoms with Crippen LogP contribution in [0.25, 0.3) is 0 Å². The topological polar surface area (TPSA) is 41.7 Å². The maximum absolute atomic E-state index is 6.35. The average molecular weight is 255 g/mol. The Morgan fingerprint density at radius 3 is 2.39 bits per heavy atom. The molecule has 1 heterocycles. The first-order chi connectivity index (χ1) is 8.68. The minimum Gasteiger partial charge on any atom is -0.378 e. The largest absolute Gasteiger partial charge is 0.378 e. The highest BCUT2D eigenvalue weighted by molar-refractivity contribution is 4.87. The van der Waals surface area contributed by atoms with Gasteiger partial charge in [0.1, 0.15) is 0 Å². The lowest BCUT2D eigenvalue weighted by atomic mass is 9.83. The fourth-order valence-corrected chi connectivity index (χ4v) is 2.94. The zero-order chi connectivity index (χ0) is 12.8. The maximum atomic E-state index is 6.35. The number of nitrogens with two attached hydrogens (primary N) is 1. The van der Waals surface area contributed by atoms with E-state index in [0.717, 1.165) is 32.6 Å². The summed E-state index contributed by atoms with van der Waals surface area (Å²) in [6, 6.07) is 0. The van der Waals surface area contributed by atoms with Gasteiger partial charge in [0.05, 0.1) is 13.2 Å². The van der Waals surface area contributed by atoms with Crippen LogP contribution in [0, 0.1) is 0 Å². The van der Waals surface area contributed by atoms with Gasteiger partial charge in [0, 0.05) is 38.3 Å². The Balaban J connectivity index is 1.55. The van der Waals surface area contributed by atoms with E-state index in [-0.39, 0.29) is 5.54 Å². The van der Waals surface area contributed by atoms with Crippen LogP contribution in [0.2, 0.25) is 0 Å². The highest BCUT2D eigenvalue weighted by Gasteiger charge is 2.27. The zero-order valence-electron chi connectivity index (χ0n) is 11.9. The number of likely N-dealkylation sites (N-methyl/N-ethyl adjacent to an activating group) is 1. The van der Waals surface area contributed by atoms with Crippen LogP contribution >= 0.6 is 0 Å². The van der Waals surface area contributed by atoms with Gasteiger partial charge in [-0.1, -0.05) is 19.3 Å². The number of hydrogen-bond donors (Lipinski definition) is 1. The van der Waals surface area contributed by atoms with Crippen LogP contribution in [0.4, 0.5) is 0 Å². The predicted molar refractivity (Wildman–Crippen MR) is 74.8 cm³/mol. The van der Waals surface area contributed by atoms with Crippen molar-refractivity contribution in [2.24, 2.45) is 5.73 Å². The number of rotatable bonds is 5. The Bertz CT molecular complexity index is 233. The lowest BCUT2D eigenvalue weighted by molar-refractivity contribution is 0.0441. The van der Waals surface area contributed by atoms with Gasteiger partial charge in [0.2, 0.25) is 0 Å². The summed E-state index contributed by atoms with van der Waals surface area (Å²) < 4.78 is 5.83. The average Bonchev–Trinajstić information content (AvgIpc) is 2.38. The molecule has 0 radical (unpaired) electrons. The first kappa shape index (κ1) is 14.3. The van der Waals surface area contributed by atoms with E-state index in [2.05, 4.69) is 16.8 Å². The number of piperazine rings is 1. The van der Waals surface area contributed by atoms with E-state index in [4.69, 9.17) is 10.5 Å². The summed E-state index contributed by atoms with van der Waals surface area (Å²) in [4.78, 5) is 4.87. The van der Waals surface area contributed by atoms with Crippen LogP contribution in [-0.4, -0.2) is 68.3 Å². The third-order valence-corrected chi connectivity index (χ3v) is 4.39. The van der Waals surface area contributed by atoms with Gasteiger partial charge in [-0.3, -0.25) is 4.90 Å². The third kappa shape index (κ3) is 4.50. The molecule has 2 rings (SSSR count). The van der Waals surface area contributed by atoms with Crippen LogP contribution in [0.5, 0.6) is 0 Å². The first-order valence-electron chi connectivity index (χ1n) is 7.46. The quantitative estimate of drug-likeness (QED) is 0.742. The molecule has 0 unspecified atom stereocenters. The fraction of sp³-hybridized carbons (Fsp3) is 1.00. The minimum absolute atomic E-state index is 0.0274. The molecule has 1 saturated heterocycles. The summed E-state index contributed by atoms with van der Waals surface area (Å²) in [7, 11) is 2.19. The smallest absolute Gasteiger partial charge is 0.0646 e. The van der Waals surface area contributed by atoms with Crippen molar-refractivity contribution in [3.63, 3.8) is 0 Å². The molecule has 2 aliphatic rings. The SMILES string of the molecule is CN1CCN(CCOCC2(N)CCCCC2)CC1. The number of nitrogens with zero attached hydrogens (tertiary/aromatic N) is 2. The molecule has 1 aliphatic carbocycles. The molecule has 0 spiro atoms. The molecule has 1 aliphatic heterocycles. The van der Waals surface area contributed by atoms with Crippen LogP contribution in [0.3, 0.4) is 0 Å². The molecule has 1 saturated carbocycles. The summed E-state index contributed by atoms with van der Waals surface area (Å²) in [5.74, 6) is 0. The molecule has 0 aromatic rings. The molecular weight excluding hydrogens is 226 g/mol. The van der Waals surface area contributed by atoms with E-state index >= 15 is 0 Å².